The molecule has 2 N–H and O–H groups in total. The lowest BCUT2D eigenvalue weighted by molar-refractivity contribution is -0.142. The third-order valence-corrected chi connectivity index (χ3v) is 11.4. The van der Waals surface area contributed by atoms with Crippen LogP contribution in [0.1, 0.15) is 43.2 Å². The van der Waals surface area contributed by atoms with E-state index in [0.717, 1.165) is 77.6 Å². The van der Waals surface area contributed by atoms with Gasteiger partial charge in [-0.25, -0.2) is 9.59 Å². The van der Waals surface area contributed by atoms with Crippen LogP contribution in [-0.2, 0) is 22.4 Å². The summed E-state index contributed by atoms with van der Waals surface area (Å²) in [5.41, 5.74) is 2.84. The van der Waals surface area contributed by atoms with Crippen LogP contribution >= 0.6 is 31.9 Å². The number of piperidine rings is 2. The molecule has 3 fully saturated rings. The maximum atomic E-state index is 14.1. The quantitative estimate of drug-likeness (QED) is 0.402. The molecule has 2 aromatic rings. The van der Waals surface area contributed by atoms with Gasteiger partial charge in [0.05, 0.1) is 16.1 Å². The smallest absolute Gasteiger partial charge is 0.410 e. The molecule has 4 amide bonds. The van der Waals surface area contributed by atoms with Crippen molar-refractivity contribution < 1.29 is 23.9 Å². The second-order valence-electron chi connectivity index (χ2n) is 13.1. The van der Waals surface area contributed by atoms with E-state index in [9.17, 15) is 14.4 Å². The molecule has 4 heterocycles. The number of carbonyl (C=O) groups is 3. The van der Waals surface area contributed by atoms with E-state index < -0.39 is 12.2 Å². The van der Waals surface area contributed by atoms with E-state index in [1.165, 1.54) is 0 Å². The minimum absolute atomic E-state index is 0.0241. The van der Waals surface area contributed by atoms with Gasteiger partial charge in [0.2, 0.25) is 0 Å². The number of benzene rings is 2. The summed E-state index contributed by atoms with van der Waals surface area (Å²) in [6.07, 6.45) is 3.84. The Bertz CT molecular complexity index is 1430. The van der Waals surface area contributed by atoms with Crippen molar-refractivity contribution in [2.45, 2.75) is 63.1 Å². The van der Waals surface area contributed by atoms with Crippen molar-refractivity contribution in [2.24, 2.45) is 0 Å². The van der Waals surface area contributed by atoms with Crippen molar-refractivity contribution in [1.82, 2.24) is 24.9 Å². The molecule has 3 saturated heterocycles. The summed E-state index contributed by atoms with van der Waals surface area (Å²) >= 11 is 7.15. The first kappa shape index (κ1) is 35.0. The van der Waals surface area contributed by atoms with Crippen LogP contribution in [0, 0.1) is 0 Å². The Hall–Kier alpha value is -2.87. The van der Waals surface area contributed by atoms with Crippen LogP contribution in [0.4, 0.5) is 15.3 Å². The third-order valence-electron chi connectivity index (χ3n) is 10.2. The fraction of sp³-hybridized carbons (Fsp3) is 0.571. The lowest BCUT2D eigenvalue weighted by Crippen LogP contribution is -2.52. The number of likely N-dealkylation sites (tertiary alicyclic amines) is 2. The Kier molecular flexibility index (Phi) is 11.8. The second-order valence-corrected chi connectivity index (χ2v) is 14.8. The second kappa shape index (κ2) is 16.2. The minimum atomic E-state index is -0.962. The molecule has 48 heavy (non-hydrogen) atoms. The summed E-state index contributed by atoms with van der Waals surface area (Å²) < 4.78 is 13.1. The SMILES string of the molecule is COc1c(Br)cc(C[C@@H](OC(=O)N2CCC(N3CCc4ccccc4NC3=O)CC2)C(=O)N2CCC(N3CCCNCC3)CC2)cc1Br. The number of methoxy groups -OCH3 is 1. The van der Waals surface area contributed by atoms with Crippen molar-refractivity contribution in [1.29, 1.82) is 0 Å². The molecule has 0 radical (unpaired) electrons. The molecule has 2 aromatic carbocycles. The van der Waals surface area contributed by atoms with E-state index in [1.54, 1.807) is 12.0 Å². The van der Waals surface area contributed by atoms with E-state index in [-0.39, 0.29) is 24.4 Å². The van der Waals surface area contributed by atoms with Gasteiger partial charge in [-0.05, 0) is 113 Å². The van der Waals surface area contributed by atoms with Crippen LogP contribution in [-0.4, -0.2) is 122 Å². The highest BCUT2D eigenvalue weighted by Gasteiger charge is 2.36. The van der Waals surface area contributed by atoms with Crippen molar-refractivity contribution >= 4 is 55.6 Å². The van der Waals surface area contributed by atoms with Gasteiger partial charge in [0, 0.05) is 70.0 Å². The van der Waals surface area contributed by atoms with Gasteiger partial charge in [0.1, 0.15) is 5.75 Å². The monoisotopic (exact) mass is 788 g/mol. The zero-order valence-electron chi connectivity index (χ0n) is 27.6. The first-order valence-corrected chi connectivity index (χ1v) is 18.8. The molecule has 260 valence electrons. The predicted molar refractivity (Wildman–Crippen MR) is 191 cm³/mol. The van der Waals surface area contributed by atoms with Crippen molar-refractivity contribution in [2.75, 3.05) is 71.3 Å². The Morgan fingerprint density at radius 3 is 2.31 bits per heavy atom. The highest BCUT2D eigenvalue weighted by atomic mass is 79.9. The molecule has 0 bridgehead atoms. The number of carbonyl (C=O) groups excluding carboxylic acids is 3. The molecule has 4 aliphatic rings. The molecule has 0 saturated carbocycles. The van der Waals surface area contributed by atoms with Crippen molar-refractivity contribution in [3.05, 3.63) is 56.5 Å². The first-order chi connectivity index (χ1) is 23.3. The molecule has 6 rings (SSSR count). The van der Waals surface area contributed by atoms with Crippen LogP contribution in [0.25, 0.3) is 0 Å². The summed E-state index contributed by atoms with van der Waals surface area (Å²) in [5.74, 6) is 0.507. The number of nitrogens with one attached hydrogen (secondary N) is 2. The van der Waals surface area contributed by atoms with Crippen LogP contribution in [0.2, 0.25) is 0 Å². The number of halogens is 2. The standard InChI is InChI=1S/C35H46Br2N6O5/c1-47-32-28(36)21-24(22-29(32)37)23-31(33(44)41-15-8-26(9-16-41)40-14-4-12-38-13-20-40)48-35(46)42-17-10-27(11-18-42)43-19-7-25-5-2-3-6-30(25)39-34(43)45/h2-3,5-6,21-22,26-27,31,38H,4,7-20,23H2,1H3,(H,39,45)/t31-/m1/s1. The third kappa shape index (κ3) is 8.28. The van der Waals surface area contributed by atoms with Gasteiger partial charge in [-0.1, -0.05) is 18.2 Å². The lowest BCUT2D eigenvalue weighted by Gasteiger charge is -2.40. The number of fused-ring (bicyclic) bond motifs is 1. The lowest BCUT2D eigenvalue weighted by atomic mass is 10.0. The summed E-state index contributed by atoms with van der Waals surface area (Å²) in [4.78, 5) is 48.8. The highest BCUT2D eigenvalue weighted by Crippen LogP contribution is 2.35. The predicted octanol–water partition coefficient (Wildman–Crippen LogP) is 5.11. The molecule has 0 aliphatic carbocycles. The van der Waals surface area contributed by atoms with Gasteiger partial charge in [-0.2, -0.15) is 0 Å². The van der Waals surface area contributed by atoms with E-state index in [1.807, 2.05) is 40.1 Å². The molecule has 13 heteroatoms. The summed E-state index contributed by atoms with van der Waals surface area (Å²) in [6.45, 7) is 7.00. The van der Waals surface area contributed by atoms with Gasteiger partial charge in [0.25, 0.3) is 5.91 Å². The number of para-hydroxylation sites is 1. The molecule has 1 atom stereocenters. The van der Waals surface area contributed by atoms with Crippen LogP contribution in [0.3, 0.4) is 0 Å². The maximum Gasteiger partial charge on any atom is 0.410 e. The number of anilines is 1. The maximum absolute atomic E-state index is 14.1. The zero-order chi connectivity index (χ0) is 33.6. The number of rotatable bonds is 7. The normalized spacial score (nSPS) is 20.7. The Balaban J connectivity index is 1.09. The minimum Gasteiger partial charge on any atom is -0.494 e. The highest BCUT2D eigenvalue weighted by molar-refractivity contribution is 9.11. The average molecular weight is 791 g/mol. The van der Waals surface area contributed by atoms with Gasteiger partial charge >= 0.3 is 12.1 Å². The fourth-order valence-electron chi connectivity index (χ4n) is 7.50. The number of hydrogen-bond donors (Lipinski definition) is 2. The van der Waals surface area contributed by atoms with Crippen LogP contribution in [0.5, 0.6) is 5.75 Å². The van der Waals surface area contributed by atoms with E-state index >= 15 is 0 Å². The molecular weight excluding hydrogens is 744 g/mol. The number of nitrogens with zero attached hydrogens (tertiary/aromatic N) is 4. The Morgan fingerprint density at radius 2 is 1.58 bits per heavy atom. The van der Waals surface area contributed by atoms with Crippen molar-refractivity contribution in [3.63, 3.8) is 0 Å². The van der Waals surface area contributed by atoms with E-state index in [4.69, 9.17) is 9.47 Å². The van der Waals surface area contributed by atoms with Gasteiger partial charge in [-0.15, -0.1) is 0 Å². The fourth-order valence-corrected chi connectivity index (χ4v) is 9.10. The number of urea groups is 1. The summed E-state index contributed by atoms with van der Waals surface area (Å²) in [6, 6.07) is 12.1. The largest absolute Gasteiger partial charge is 0.494 e. The Labute approximate surface area is 299 Å². The van der Waals surface area contributed by atoms with Gasteiger partial charge in [-0.3, -0.25) is 9.69 Å². The van der Waals surface area contributed by atoms with Crippen molar-refractivity contribution in [3.8, 4) is 5.75 Å². The number of amides is 4. The van der Waals surface area contributed by atoms with Gasteiger partial charge in [0.15, 0.2) is 6.10 Å². The average Bonchev–Trinajstić information content (AvgIpc) is 3.47. The van der Waals surface area contributed by atoms with Crippen LogP contribution in [0.15, 0.2) is 45.3 Å². The molecular formula is C35H46Br2N6O5. The Morgan fingerprint density at radius 1 is 0.896 bits per heavy atom. The molecule has 11 nitrogen and oxygen atoms in total. The molecule has 0 unspecified atom stereocenters. The van der Waals surface area contributed by atoms with Gasteiger partial charge < -0.3 is 34.8 Å². The number of ether oxygens (including phenoxy) is 2. The summed E-state index contributed by atoms with van der Waals surface area (Å²) in [7, 11) is 1.60. The molecule has 4 aliphatic heterocycles. The topological polar surface area (TPSA) is 107 Å². The first-order valence-electron chi connectivity index (χ1n) is 17.2. The van der Waals surface area contributed by atoms with Crippen LogP contribution < -0.4 is 15.4 Å². The zero-order valence-corrected chi connectivity index (χ0v) is 30.8. The van der Waals surface area contributed by atoms with E-state index in [0.29, 0.717) is 57.4 Å². The molecule has 0 spiro atoms. The van der Waals surface area contributed by atoms with E-state index in [2.05, 4.69) is 53.5 Å². The summed E-state index contributed by atoms with van der Waals surface area (Å²) in [5, 5.41) is 6.53. The molecule has 0 aromatic heterocycles. The number of hydrogen-bond acceptors (Lipinski definition) is 7.